The van der Waals surface area contributed by atoms with Gasteiger partial charge < -0.3 is 28.4 Å². The van der Waals surface area contributed by atoms with Crippen LogP contribution in [-0.4, -0.2) is 63.4 Å². The average Bonchev–Trinajstić information content (AvgIpc) is 3.13. The third-order valence-electron chi connectivity index (χ3n) is 8.10. The Balaban J connectivity index is 1.55. The molecule has 1 fully saturated rings. The van der Waals surface area contributed by atoms with Crippen molar-refractivity contribution in [1.29, 1.82) is 0 Å². The molecule has 5 rings (SSSR count). The average molecular weight is 745 g/mol. The van der Waals surface area contributed by atoms with Gasteiger partial charge in [-0.3, -0.25) is 4.18 Å². The molecule has 0 aliphatic carbocycles. The summed E-state index contributed by atoms with van der Waals surface area (Å²) >= 11 is 0. The monoisotopic (exact) mass is 744 g/mol. The zero-order valence-electron chi connectivity index (χ0n) is 28.8. The van der Waals surface area contributed by atoms with Gasteiger partial charge in [0.1, 0.15) is 30.5 Å². The Bertz CT molecular complexity index is 1710. The zero-order chi connectivity index (χ0) is 37.0. The van der Waals surface area contributed by atoms with Crippen LogP contribution in [0.3, 0.4) is 0 Å². The summed E-state index contributed by atoms with van der Waals surface area (Å²) in [5.41, 5.74) is -2.75. The van der Waals surface area contributed by atoms with Gasteiger partial charge in [0.05, 0.1) is 39.1 Å². The molecule has 1 aliphatic rings. The summed E-state index contributed by atoms with van der Waals surface area (Å²) in [6.07, 6.45) is -9.04. The Morgan fingerprint density at radius 3 is 1.54 bits per heavy atom. The van der Waals surface area contributed by atoms with Crippen LogP contribution in [0.2, 0.25) is 0 Å². The third-order valence-corrected chi connectivity index (χ3v) is 9.14. The second-order valence-electron chi connectivity index (χ2n) is 12.5. The molecule has 0 spiro atoms. The fraction of sp³-hybridized carbons (Fsp3) is 0.385. The van der Waals surface area contributed by atoms with Gasteiger partial charge in [0.15, 0.2) is 6.29 Å². The minimum absolute atomic E-state index is 0.00200. The van der Waals surface area contributed by atoms with Crippen molar-refractivity contribution in [3.05, 3.63) is 144 Å². The van der Waals surface area contributed by atoms with Gasteiger partial charge in [0.2, 0.25) is 0 Å². The van der Waals surface area contributed by atoms with Crippen LogP contribution in [-0.2, 0) is 69.1 Å². The van der Waals surface area contributed by atoms with Crippen molar-refractivity contribution in [2.24, 2.45) is 0 Å². The van der Waals surface area contributed by atoms with Crippen molar-refractivity contribution < 1.29 is 54.2 Å². The van der Waals surface area contributed by atoms with Gasteiger partial charge in [-0.15, -0.1) is 0 Å². The molecule has 0 bridgehead atoms. The molecule has 52 heavy (non-hydrogen) atoms. The number of rotatable bonds is 18. The Kier molecular flexibility index (Phi) is 14.4. The Labute approximate surface area is 302 Å². The summed E-state index contributed by atoms with van der Waals surface area (Å²) in [5, 5.41) is 0. The molecule has 0 unspecified atom stereocenters. The third kappa shape index (κ3) is 11.4. The van der Waals surface area contributed by atoms with Crippen LogP contribution in [0.25, 0.3) is 0 Å². The largest absolute Gasteiger partial charge is 0.523 e. The Hall–Kier alpha value is -3.66. The first-order valence-corrected chi connectivity index (χ1v) is 18.3. The van der Waals surface area contributed by atoms with Crippen LogP contribution >= 0.6 is 0 Å². The minimum Gasteiger partial charge on any atom is -0.374 e. The van der Waals surface area contributed by atoms with E-state index in [2.05, 4.69) is 0 Å². The molecule has 280 valence electrons. The maximum Gasteiger partial charge on any atom is 0.523 e. The predicted molar refractivity (Wildman–Crippen MR) is 186 cm³/mol. The molecule has 1 saturated heterocycles. The van der Waals surface area contributed by atoms with Gasteiger partial charge in [-0.1, -0.05) is 121 Å². The van der Waals surface area contributed by atoms with Crippen LogP contribution < -0.4 is 0 Å². The number of benzene rings is 4. The molecule has 0 saturated carbocycles. The quantitative estimate of drug-likeness (QED) is 0.0766. The maximum atomic E-state index is 14.1. The standard InChI is InChI=1S/C39H43F3O9S/c1-28(2)49-38-37(48-26-32-21-13-6-14-22-32)35(47-25-31-19-11-5-12-20-31)36(51-52(43,44)39(40,41)42)34(50-38)33(46-24-30-17-9-4-10-18-30)27-45-23-29-15-7-3-8-16-29/h3-22,28,33-38H,23-27H2,1-2H3/t33-,34-,35+,36+,37+,38+/m0/s1. The lowest BCUT2D eigenvalue weighted by atomic mass is 9.94. The molecule has 0 aromatic heterocycles. The first-order valence-electron chi connectivity index (χ1n) is 16.9. The topological polar surface area (TPSA) is 98.8 Å². The van der Waals surface area contributed by atoms with Crippen molar-refractivity contribution in [3.63, 3.8) is 0 Å². The molecule has 4 aromatic carbocycles. The fourth-order valence-electron chi connectivity index (χ4n) is 5.60. The lowest BCUT2D eigenvalue weighted by molar-refractivity contribution is -0.334. The summed E-state index contributed by atoms with van der Waals surface area (Å²) in [4.78, 5) is 0. The molecule has 1 aliphatic heterocycles. The van der Waals surface area contributed by atoms with E-state index in [9.17, 15) is 21.6 Å². The van der Waals surface area contributed by atoms with Crippen LogP contribution in [0, 0.1) is 0 Å². The maximum absolute atomic E-state index is 14.1. The van der Waals surface area contributed by atoms with E-state index in [4.69, 9.17) is 32.6 Å². The van der Waals surface area contributed by atoms with Crippen molar-refractivity contribution in [2.75, 3.05) is 6.61 Å². The van der Waals surface area contributed by atoms with Crippen LogP contribution in [0.4, 0.5) is 13.2 Å². The first kappa shape index (κ1) is 39.5. The summed E-state index contributed by atoms with van der Waals surface area (Å²) < 4.78 is 111. The second kappa shape index (κ2) is 18.9. The van der Waals surface area contributed by atoms with Gasteiger partial charge in [-0.2, -0.15) is 21.6 Å². The summed E-state index contributed by atoms with van der Waals surface area (Å²) in [5.74, 6) is 0. The normalized spacial score (nSPS) is 21.6. The second-order valence-corrected chi connectivity index (χ2v) is 14.0. The summed E-state index contributed by atoms with van der Waals surface area (Å²) in [6, 6.07) is 36.3. The number of hydrogen-bond donors (Lipinski definition) is 0. The van der Waals surface area contributed by atoms with Gasteiger partial charge in [0.25, 0.3) is 0 Å². The molecular formula is C39H43F3O9S. The molecular weight excluding hydrogens is 701 g/mol. The molecule has 9 nitrogen and oxygen atoms in total. The molecule has 1 heterocycles. The van der Waals surface area contributed by atoms with E-state index < -0.39 is 58.5 Å². The number of alkyl halides is 3. The minimum atomic E-state index is -6.19. The van der Waals surface area contributed by atoms with Gasteiger partial charge in [0, 0.05) is 0 Å². The molecule has 0 N–H and O–H groups in total. The highest BCUT2D eigenvalue weighted by molar-refractivity contribution is 7.87. The smallest absolute Gasteiger partial charge is 0.374 e. The van der Waals surface area contributed by atoms with E-state index in [-0.39, 0.29) is 33.0 Å². The van der Waals surface area contributed by atoms with E-state index in [1.54, 1.807) is 44.2 Å². The Morgan fingerprint density at radius 2 is 1.08 bits per heavy atom. The fourth-order valence-corrected chi connectivity index (χ4v) is 6.23. The van der Waals surface area contributed by atoms with E-state index >= 15 is 0 Å². The SMILES string of the molecule is CC(C)O[C@@H]1O[C@@H]([C@H](COCc2ccccc2)OCc2ccccc2)[C@@H](OS(=O)(=O)C(F)(F)F)[C@@H](OCc2ccccc2)[C@H]1OCc1ccccc1. The molecule has 13 heteroatoms. The number of ether oxygens (including phenoxy) is 6. The van der Waals surface area contributed by atoms with Crippen molar-refractivity contribution in [1.82, 2.24) is 0 Å². The first-order chi connectivity index (χ1) is 25.0. The molecule has 6 atom stereocenters. The lowest BCUT2D eigenvalue weighted by Crippen LogP contribution is -2.65. The van der Waals surface area contributed by atoms with Crippen LogP contribution in [0.5, 0.6) is 0 Å². The van der Waals surface area contributed by atoms with Gasteiger partial charge >= 0.3 is 15.6 Å². The summed E-state index contributed by atoms with van der Waals surface area (Å²) in [6.45, 7) is 3.30. The van der Waals surface area contributed by atoms with Gasteiger partial charge in [-0.05, 0) is 36.1 Å². The molecule has 0 amide bonds. The van der Waals surface area contributed by atoms with Gasteiger partial charge in [-0.25, -0.2) is 0 Å². The van der Waals surface area contributed by atoms with Crippen molar-refractivity contribution >= 4 is 10.1 Å². The number of hydrogen-bond acceptors (Lipinski definition) is 9. The van der Waals surface area contributed by atoms with Crippen molar-refractivity contribution in [2.45, 2.75) is 88.7 Å². The lowest BCUT2D eigenvalue weighted by Gasteiger charge is -2.47. The van der Waals surface area contributed by atoms with Crippen LogP contribution in [0.1, 0.15) is 36.1 Å². The van der Waals surface area contributed by atoms with Crippen molar-refractivity contribution in [3.8, 4) is 0 Å². The predicted octanol–water partition coefficient (Wildman–Crippen LogP) is 7.34. The highest BCUT2D eigenvalue weighted by Crippen LogP contribution is 2.37. The van der Waals surface area contributed by atoms with E-state index in [0.29, 0.717) is 5.56 Å². The summed E-state index contributed by atoms with van der Waals surface area (Å²) in [7, 11) is -6.19. The highest BCUT2D eigenvalue weighted by Gasteiger charge is 2.57. The van der Waals surface area contributed by atoms with Crippen LogP contribution in [0.15, 0.2) is 121 Å². The van der Waals surface area contributed by atoms with E-state index in [1.807, 2.05) is 91.0 Å². The molecule has 4 aromatic rings. The van der Waals surface area contributed by atoms with E-state index in [0.717, 1.165) is 16.7 Å². The van der Waals surface area contributed by atoms with E-state index in [1.165, 1.54) is 0 Å². The molecule has 0 radical (unpaired) electrons. The highest BCUT2D eigenvalue weighted by atomic mass is 32.2. The number of halogens is 3. The zero-order valence-corrected chi connectivity index (χ0v) is 29.7. The Morgan fingerprint density at radius 1 is 0.635 bits per heavy atom.